The molecule has 122 valence electrons. The number of anilines is 1. The number of ether oxygens (including phenoxy) is 1. The summed E-state index contributed by atoms with van der Waals surface area (Å²) in [6.45, 7) is 2.34. The van der Waals surface area contributed by atoms with E-state index in [-0.39, 0.29) is 12.0 Å². The average molecular weight is 335 g/mol. The third-order valence-electron chi connectivity index (χ3n) is 3.74. The van der Waals surface area contributed by atoms with Crippen LogP contribution in [-0.4, -0.2) is 46.8 Å². The SMILES string of the molecule is Cn1ccc(NC(=O)CN2CCO[C@@H](c3ccc(Cl)cc3)C2)n1. The second-order valence-electron chi connectivity index (χ2n) is 5.57. The van der Waals surface area contributed by atoms with Crippen LogP contribution >= 0.6 is 11.6 Å². The standard InChI is InChI=1S/C16H19ClN4O2/c1-20-7-6-15(19-20)18-16(22)11-21-8-9-23-14(10-21)12-2-4-13(17)5-3-12/h2-7,14H,8-11H2,1H3,(H,18,19,22)/t14-/m1/s1. The molecule has 1 aliphatic heterocycles. The van der Waals surface area contributed by atoms with E-state index in [2.05, 4.69) is 15.3 Å². The highest BCUT2D eigenvalue weighted by atomic mass is 35.5. The van der Waals surface area contributed by atoms with E-state index in [1.165, 1.54) is 0 Å². The van der Waals surface area contributed by atoms with Crippen molar-refractivity contribution in [2.24, 2.45) is 7.05 Å². The fraction of sp³-hybridized carbons (Fsp3) is 0.375. The number of benzene rings is 1. The molecule has 7 heteroatoms. The molecule has 2 heterocycles. The summed E-state index contributed by atoms with van der Waals surface area (Å²) in [6, 6.07) is 9.41. The van der Waals surface area contributed by atoms with Crippen molar-refractivity contribution in [1.29, 1.82) is 0 Å². The van der Waals surface area contributed by atoms with E-state index in [4.69, 9.17) is 16.3 Å². The Bertz CT molecular complexity index is 671. The zero-order valence-electron chi connectivity index (χ0n) is 12.9. The van der Waals surface area contributed by atoms with Crippen LogP contribution in [0.1, 0.15) is 11.7 Å². The molecule has 0 spiro atoms. The molecular formula is C16H19ClN4O2. The van der Waals surface area contributed by atoms with E-state index in [1.807, 2.05) is 31.3 Å². The van der Waals surface area contributed by atoms with E-state index in [1.54, 1.807) is 16.9 Å². The van der Waals surface area contributed by atoms with Gasteiger partial charge in [-0.3, -0.25) is 14.4 Å². The number of hydrogen-bond acceptors (Lipinski definition) is 4. The molecule has 1 aromatic heterocycles. The maximum absolute atomic E-state index is 12.1. The number of amides is 1. The number of hydrogen-bond donors (Lipinski definition) is 1. The van der Waals surface area contributed by atoms with Gasteiger partial charge in [-0.2, -0.15) is 5.10 Å². The van der Waals surface area contributed by atoms with Gasteiger partial charge in [0.2, 0.25) is 5.91 Å². The predicted molar refractivity (Wildman–Crippen MR) is 88.4 cm³/mol. The Morgan fingerprint density at radius 3 is 2.87 bits per heavy atom. The van der Waals surface area contributed by atoms with Gasteiger partial charge < -0.3 is 10.1 Å². The summed E-state index contributed by atoms with van der Waals surface area (Å²) in [4.78, 5) is 14.2. The Balaban J connectivity index is 1.55. The van der Waals surface area contributed by atoms with Crippen LogP contribution in [-0.2, 0) is 16.6 Å². The molecule has 0 bridgehead atoms. The Hall–Kier alpha value is -1.89. The van der Waals surface area contributed by atoms with E-state index < -0.39 is 0 Å². The first-order valence-corrected chi connectivity index (χ1v) is 7.87. The van der Waals surface area contributed by atoms with Crippen LogP contribution in [0.15, 0.2) is 36.5 Å². The van der Waals surface area contributed by atoms with Crippen LogP contribution in [0.3, 0.4) is 0 Å². The van der Waals surface area contributed by atoms with Gasteiger partial charge in [-0.1, -0.05) is 23.7 Å². The number of nitrogens with zero attached hydrogens (tertiary/aromatic N) is 3. The lowest BCUT2D eigenvalue weighted by Gasteiger charge is -2.32. The molecular weight excluding hydrogens is 316 g/mol. The number of carbonyl (C=O) groups is 1. The zero-order chi connectivity index (χ0) is 16.2. The first-order chi connectivity index (χ1) is 11.1. The fourth-order valence-electron chi connectivity index (χ4n) is 2.59. The fourth-order valence-corrected chi connectivity index (χ4v) is 2.72. The first kappa shape index (κ1) is 16.0. The number of rotatable bonds is 4. The van der Waals surface area contributed by atoms with Crippen molar-refractivity contribution in [2.45, 2.75) is 6.10 Å². The number of nitrogens with one attached hydrogen (secondary N) is 1. The summed E-state index contributed by atoms with van der Waals surface area (Å²) in [6.07, 6.45) is 1.75. The molecule has 1 aromatic carbocycles. The highest BCUT2D eigenvalue weighted by Gasteiger charge is 2.23. The summed E-state index contributed by atoms with van der Waals surface area (Å²) in [5, 5.41) is 7.65. The molecule has 0 unspecified atom stereocenters. The lowest BCUT2D eigenvalue weighted by molar-refractivity contribution is -0.119. The smallest absolute Gasteiger partial charge is 0.239 e. The summed E-state index contributed by atoms with van der Waals surface area (Å²) in [5.41, 5.74) is 1.07. The molecule has 3 rings (SSSR count). The van der Waals surface area contributed by atoms with Gasteiger partial charge in [0.05, 0.1) is 19.3 Å². The van der Waals surface area contributed by atoms with Gasteiger partial charge in [0.25, 0.3) is 0 Å². The second-order valence-corrected chi connectivity index (χ2v) is 6.01. The number of halogens is 1. The highest BCUT2D eigenvalue weighted by Crippen LogP contribution is 2.23. The molecule has 0 saturated carbocycles. The summed E-state index contributed by atoms with van der Waals surface area (Å²) in [5.74, 6) is 0.500. The van der Waals surface area contributed by atoms with Crippen LogP contribution < -0.4 is 5.32 Å². The summed E-state index contributed by atoms with van der Waals surface area (Å²) in [7, 11) is 1.81. The van der Waals surface area contributed by atoms with Crippen LogP contribution in [0.4, 0.5) is 5.82 Å². The van der Waals surface area contributed by atoms with Crippen molar-refractivity contribution < 1.29 is 9.53 Å². The summed E-state index contributed by atoms with van der Waals surface area (Å²) < 4.78 is 7.46. The molecule has 2 aromatic rings. The van der Waals surface area contributed by atoms with Crippen molar-refractivity contribution >= 4 is 23.3 Å². The topological polar surface area (TPSA) is 59.4 Å². The van der Waals surface area contributed by atoms with Crippen LogP contribution in [0, 0.1) is 0 Å². The molecule has 0 aliphatic carbocycles. The monoisotopic (exact) mass is 334 g/mol. The minimum absolute atomic E-state index is 0.0383. The Kier molecular flexibility index (Phi) is 4.95. The zero-order valence-corrected chi connectivity index (χ0v) is 13.7. The summed E-state index contributed by atoms with van der Waals surface area (Å²) >= 11 is 5.92. The largest absolute Gasteiger partial charge is 0.371 e. The van der Waals surface area contributed by atoms with Gasteiger partial charge in [0.1, 0.15) is 0 Å². The predicted octanol–water partition coefficient (Wildman–Crippen LogP) is 2.09. The van der Waals surface area contributed by atoms with Gasteiger partial charge in [-0.25, -0.2) is 0 Å². The minimum atomic E-state index is -0.0690. The Morgan fingerprint density at radius 2 is 2.17 bits per heavy atom. The number of morpholine rings is 1. The maximum atomic E-state index is 12.1. The van der Waals surface area contributed by atoms with Crippen molar-refractivity contribution in [3.05, 3.63) is 47.1 Å². The van der Waals surface area contributed by atoms with Gasteiger partial charge in [-0.05, 0) is 17.7 Å². The van der Waals surface area contributed by atoms with Crippen LogP contribution in [0.2, 0.25) is 5.02 Å². The normalized spacial score (nSPS) is 18.8. The third kappa shape index (κ3) is 4.31. The van der Waals surface area contributed by atoms with Gasteiger partial charge in [-0.15, -0.1) is 0 Å². The lowest BCUT2D eigenvalue weighted by Crippen LogP contribution is -2.42. The number of aromatic nitrogens is 2. The molecule has 1 saturated heterocycles. The molecule has 23 heavy (non-hydrogen) atoms. The molecule has 0 radical (unpaired) electrons. The molecule has 1 N–H and O–H groups in total. The van der Waals surface area contributed by atoms with Gasteiger partial charge in [0.15, 0.2) is 5.82 Å². The van der Waals surface area contributed by atoms with E-state index >= 15 is 0 Å². The minimum Gasteiger partial charge on any atom is -0.371 e. The lowest BCUT2D eigenvalue weighted by atomic mass is 10.1. The molecule has 1 fully saturated rings. The Labute approximate surface area is 140 Å². The molecule has 6 nitrogen and oxygen atoms in total. The van der Waals surface area contributed by atoms with Gasteiger partial charge in [0, 0.05) is 37.4 Å². The van der Waals surface area contributed by atoms with Gasteiger partial charge >= 0.3 is 0 Å². The molecule has 1 atom stereocenters. The van der Waals surface area contributed by atoms with Crippen molar-refractivity contribution in [2.75, 3.05) is 31.6 Å². The number of aryl methyl sites for hydroxylation is 1. The van der Waals surface area contributed by atoms with Crippen molar-refractivity contribution in [3.63, 3.8) is 0 Å². The Morgan fingerprint density at radius 1 is 1.39 bits per heavy atom. The highest BCUT2D eigenvalue weighted by molar-refractivity contribution is 6.30. The number of carbonyl (C=O) groups excluding carboxylic acids is 1. The van der Waals surface area contributed by atoms with Crippen molar-refractivity contribution in [1.82, 2.24) is 14.7 Å². The second kappa shape index (κ2) is 7.12. The maximum Gasteiger partial charge on any atom is 0.239 e. The van der Waals surface area contributed by atoms with Crippen LogP contribution in [0.5, 0.6) is 0 Å². The quantitative estimate of drug-likeness (QED) is 0.930. The van der Waals surface area contributed by atoms with E-state index in [0.29, 0.717) is 30.5 Å². The van der Waals surface area contributed by atoms with Crippen molar-refractivity contribution in [3.8, 4) is 0 Å². The van der Waals surface area contributed by atoms with Crippen LogP contribution in [0.25, 0.3) is 0 Å². The van der Waals surface area contributed by atoms with E-state index in [0.717, 1.165) is 12.1 Å². The third-order valence-corrected chi connectivity index (χ3v) is 3.99. The first-order valence-electron chi connectivity index (χ1n) is 7.49. The average Bonchev–Trinajstić information content (AvgIpc) is 2.93. The molecule has 1 aliphatic rings. The molecule has 1 amide bonds. The van der Waals surface area contributed by atoms with E-state index in [9.17, 15) is 4.79 Å².